The first-order valence-corrected chi connectivity index (χ1v) is 5.06. The summed E-state index contributed by atoms with van der Waals surface area (Å²) in [7, 11) is 0. The molecule has 15 heavy (non-hydrogen) atoms. The number of aliphatic carboxylic acids is 2. The summed E-state index contributed by atoms with van der Waals surface area (Å²) in [5.74, 6) is -1.16. The second-order valence-electron chi connectivity index (χ2n) is 1.97. The predicted molar refractivity (Wildman–Crippen MR) is 62.4 cm³/mol. The zero-order chi connectivity index (χ0) is 9.14. The summed E-state index contributed by atoms with van der Waals surface area (Å²) >= 11 is 2.58. The molecule has 0 radical (unpaired) electrons. The van der Waals surface area contributed by atoms with E-state index in [1.54, 1.807) is 0 Å². The Labute approximate surface area is 138 Å². The van der Waals surface area contributed by atoms with Crippen molar-refractivity contribution in [2.45, 2.75) is 0 Å². The summed E-state index contributed by atoms with van der Waals surface area (Å²) in [5.41, 5.74) is -0.498. The van der Waals surface area contributed by atoms with Gasteiger partial charge in [-0.25, -0.2) is 9.59 Å². The Morgan fingerprint density at radius 2 is 1.40 bits per heavy atom. The van der Waals surface area contributed by atoms with Crippen molar-refractivity contribution in [1.82, 2.24) is 0 Å². The molecule has 6 N–H and O–H groups in total. The summed E-state index contributed by atoms with van der Waals surface area (Å²) in [4.78, 5) is 20.9. The Morgan fingerprint density at radius 1 is 1.07 bits per heavy atom. The topological polar surface area (TPSA) is 138 Å². The van der Waals surface area contributed by atoms with Crippen LogP contribution in [0.15, 0.2) is 9.81 Å². The van der Waals surface area contributed by atoms with Crippen LogP contribution in [0.4, 0.5) is 0 Å². The summed E-state index contributed by atoms with van der Waals surface area (Å²) < 4.78 is 0.412. The monoisotopic (exact) mass is 382 g/mol. The Balaban J connectivity index is -0.0000000960. The molecule has 0 aromatic rings. The summed E-state index contributed by atoms with van der Waals surface area (Å²) in [5, 5.41) is 17.1. The average Bonchev–Trinajstić information content (AvgIpc) is 2.37. The maximum atomic E-state index is 10.5. The molecule has 86 valence electrons. The molecule has 1 saturated heterocycles. The summed E-state index contributed by atoms with van der Waals surface area (Å²) in [6.45, 7) is 0. The van der Waals surface area contributed by atoms with Crippen molar-refractivity contribution in [1.29, 1.82) is 0 Å². The Morgan fingerprint density at radius 3 is 1.67 bits per heavy atom. The van der Waals surface area contributed by atoms with E-state index >= 15 is 0 Å². The molecular formula is C6H12BaO6S2. The molecule has 1 aliphatic rings. The van der Waals surface area contributed by atoms with Gasteiger partial charge in [-0.15, -0.1) is 23.5 Å². The van der Waals surface area contributed by atoms with Gasteiger partial charge in [-0.1, -0.05) is 0 Å². The maximum Gasteiger partial charge on any atom is 2.00 e. The van der Waals surface area contributed by atoms with Crippen LogP contribution in [0.2, 0.25) is 0 Å². The zero-order valence-electron chi connectivity index (χ0n) is 9.65. The van der Waals surface area contributed by atoms with Crippen LogP contribution in [0.1, 0.15) is 2.85 Å². The van der Waals surface area contributed by atoms with Crippen LogP contribution in [-0.2, 0) is 9.59 Å². The van der Waals surface area contributed by atoms with E-state index in [1.165, 1.54) is 23.5 Å². The first kappa shape index (κ1) is 21.2. The van der Waals surface area contributed by atoms with E-state index in [-0.39, 0.29) is 62.7 Å². The van der Waals surface area contributed by atoms with Crippen LogP contribution in [0.25, 0.3) is 0 Å². The van der Waals surface area contributed by atoms with Gasteiger partial charge in [-0.3, -0.25) is 0 Å². The van der Waals surface area contributed by atoms with Gasteiger partial charge in [0.05, 0.1) is 4.24 Å². The van der Waals surface area contributed by atoms with Crippen molar-refractivity contribution in [3.63, 3.8) is 0 Å². The fourth-order valence-electron chi connectivity index (χ4n) is 0.721. The van der Waals surface area contributed by atoms with E-state index in [1.807, 2.05) is 0 Å². The van der Waals surface area contributed by atoms with Crippen molar-refractivity contribution in [2.75, 3.05) is 11.5 Å². The molecule has 0 bridgehead atoms. The Kier molecular flexibility index (Phi) is 14.2. The largest absolute Gasteiger partial charge is 2.00 e. The van der Waals surface area contributed by atoms with Crippen molar-refractivity contribution in [2.24, 2.45) is 0 Å². The van der Waals surface area contributed by atoms with E-state index in [9.17, 15) is 9.59 Å². The number of hydrogen-bond acceptors (Lipinski definition) is 4. The van der Waals surface area contributed by atoms with Gasteiger partial charge in [0.25, 0.3) is 0 Å². The molecule has 0 saturated carbocycles. The molecule has 0 spiro atoms. The molecule has 1 heterocycles. The second-order valence-corrected chi connectivity index (χ2v) is 4.44. The van der Waals surface area contributed by atoms with E-state index in [0.29, 0.717) is 4.24 Å². The third-order valence-electron chi connectivity index (χ3n) is 1.18. The van der Waals surface area contributed by atoms with Gasteiger partial charge in [-0.2, -0.15) is 0 Å². The zero-order valence-corrected chi connectivity index (χ0v) is 13.7. The standard InChI is InChI=1S/C6H6O4S2.Ba.2H2O.2H/c7-4(8)3(5(9)10)6-11-1-2-12-6;;;;;/h1-2H2,(H,7,8)(H,9,10);;2*1H2;;/q;+2;;;2*-1. The van der Waals surface area contributed by atoms with Crippen molar-refractivity contribution in [3.8, 4) is 0 Å². The van der Waals surface area contributed by atoms with Crippen LogP contribution >= 0.6 is 23.5 Å². The van der Waals surface area contributed by atoms with E-state index in [0.717, 1.165) is 11.5 Å². The van der Waals surface area contributed by atoms with Gasteiger partial charge in [0, 0.05) is 11.5 Å². The molecule has 0 amide bonds. The van der Waals surface area contributed by atoms with Gasteiger partial charge in [0.1, 0.15) is 0 Å². The van der Waals surface area contributed by atoms with Crippen molar-refractivity contribution >= 4 is 84.3 Å². The smallest absolute Gasteiger partial charge is 1.00 e. The number of carbonyl (C=O) groups is 2. The fourth-order valence-corrected chi connectivity index (χ4v) is 3.23. The number of thioether (sulfide) groups is 2. The quantitative estimate of drug-likeness (QED) is 0.273. The third-order valence-corrected chi connectivity index (χ3v) is 3.90. The van der Waals surface area contributed by atoms with Crippen LogP contribution in [-0.4, -0.2) is 93.5 Å². The molecule has 0 unspecified atom stereocenters. The molecule has 6 nitrogen and oxygen atoms in total. The molecule has 0 aliphatic carbocycles. The SMILES string of the molecule is O.O.O=C(O)C(C(=O)O)=C1SCCS1.[Ba+2].[H-].[H-]. The van der Waals surface area contributed by atoms with Crippen molar-refractivity contribution < 1.29 is 33.6 Å². The predicted octanol–water partition coefficient (Wildman–Crippen LogP) is -0.958. The first-order chi connectivity index (χ1) is 5.63. The molecular weight excluding hydrogens is 370 g/mol. The second kappa shape index (κ2) is 10.1. The number of rotatable bonds is 2. The van der Waals surface area contributed by atoms with Crippen LogP contribution in [0, 0.1) is 0 Å². The number of hydrogen-bond donors (Lipinski definition) is 2. The van der Waals surface area contributed by atoms with Gasteiger partial charge >= 0.3 is 60.8 Å². The minimum atomic E-state index is -1.36. The molecule has 1 rings (SSSR count). The molecule has 0 atom stereocenters. The van der Waals surface area contributed by atoms with Gasteiger partial charge < -0.3 is 24.0 Å². The number of carboxylic acid groups (broad SMARTS) is 2. The number of carboxylic acids is 2. The average molecular weight is 382 g/mol. The van der Waals surface area contributed by atoms with Gasteiger partial charge in [0.15, 0.2) is 5.57 Å². The summed E-state index contributed by atoms with van der Waals surface area (Å²) in [6.07, 6.45) is 0. The Bertz CT molecular complexity index is 251. The van der Waals surface area contributed by atoms with Gasteiger partial charge in [-0.05, 0) is 0 Å². The fraction of sp³-hybridized carbons (Fsp3) is 0.333. The molecule has 0 aromatic carbocycles. The minimum absolute atomic E-state index is 0. The maximum absolute atomic E-state index is 10.5. The molecule has 1 fully saturated rings. The molecule has 1 aliphatic heterocycles. The molecule has 0 aromatic heterocycles. The van der Waals surface area contributed by atoms with Crippen molar-refractivity contribution in [3.05, 3.63) is 9.81 Å². The van der Waals surface area contributed by atoms with E-state index < -0.39 is 17.5 Å². The summed E-state index contributed by atoms with van der Waals surface area (Å²) in [6, 6.07) is 0. The van der Waals surface area contributed by atoms with Crippen LogP contribution in [0.3, 0.4) is 0 Å². The minimum Gasteiger partial charge on any atom is -1.00 e. The van der Waals surface area contributed by atoms with E-state index in [2.05, 4.69) is 0 Å². The van der Waals surface area contributed by atoms with E-state index in [4.69, 9.17) is 10.2 Å². The van der Waals surface area contributed by atoms with Crippen LogP contribution in [0.5, 0.6) is 0 Å². The molecule has 9 heteroatoms. The normalized spacial score (nSPS) is 12.9. The Hall–Kier alpha value is 0.871. The third kappa shape index (κ3) is 6.24. The van der Waals surface area contributed by atoms with Gasteiger partial charge in [0.2, 0.25) is 0 Å². The van der Waals surface area contributed by atoms with Crippen LogP contribution < -0.4 is 0 Å². The first-order valence-electron chi connectivity index (χ1n) is 3.09.